The van der Waals surface area contributed by atoms with Crippen molar-refractivity contribution < 1.29 is 13.2 Å². The lowest BCUT2D eigenvalue weighted by molar-refractivity contribution is 0.310. The van der Waals surface area contributed by atoms with Crippen LogP contribution in [0.2, 0.25) is 0 Å². The number of sulfonamides is 1. The Bertz CT molecular complexity index is 579. The molecule has 0 bridgehead atoms. The maximum absolute atomic E-state index is 12.7. The number of ether oxygens (including phenoxy) is 1. The molecule has 0 fully saturated rings. The second-order valence-corrected chi connectivity index (χ2v) is 8.63. The standard InChI is InChI=1S/C15H24ClNO3S/c1-15(2,3)11-17(4)21(18,19)14-7-6-13(20-5)10-12(14)8-9-16/h6-7,10H,8-9,11H2,1-5H3. The highest BCUT2D eigenvalue weighted by atomic mass is 35.5. The van der Waals surface area contributed by atoms with Crippen LogP contribution in [0.1, 0.15) is 26.3 Å². The van der Waals surface area contributed by atoms with Gasteiger partial charge >= 0.3 is 0 Å². The molecule has 1 aromatic carbocycles. The second kappa shape index (κ2) is 6.99. The van der Waals surface area contributed by atoms with E-state index in [2.05, 4.69) is 0 Å². The van der Waals surface area contributed by atoms with E-state index in [-0.39, 0.29) is 5.41 Å². The van der Waals surface area contributed by atoms with Gasteiger partial charge in [0.25, 0.3) is 0 Å². The van der Waals surface area contributed by atoms with Crippen LogP contribution in [0.4, 0.5) is 0 Å². The third kappa shape index (κ3) is 4.87. The van der Waals surface area contributed by atoms with Gasteiger partial charge in [-0.1, -0.05) is 20.8 Å². The lowest BCUT2D eigenvalue weighted by atomic mass is 9.97. The molecular formula is C15H24ClNO3S. The predicted molar refractivity (Wildman–Crippen MR) is 86.7 cm³/mol. The van der Waals surface area contributed by atoms with E-state index in [1.807, 2.05) is 20.8 Å². The molecule has 0 aliphatic heterocycles. The summed E-state index contributed by atoms with van der Waals surface area (Å²) in [6, 6.07) is 4.99. The van der Waals surface area contributed by atoms with Crippen LogP contribution in [0.5, 0.6) is 5.75 Å². The van der Waals surface area contributed by atoms with Crippen molar-refractivity contribution in [2.24, 2.45) is 5.41 Å². The minimum Gasteiger partial charge on any atom is -0.497 e. The minimum absolute atomic E-state index is 0.110. The zero-order chi connectivity index (χ0) is 16.3. The van der Waals surface area contributed by atoms with Crippen LogP contribution >= 0.6 is 11.6 Å². The highest BCUT2D eigenvalue weighted by Gasteiger charge is 2.27. The number of nitrogens with zero attached hydrogens (tertiary/aromatic N) is 1. The molecule has 0 unspecified atom stereocenters. The van der Waals surface area contributed by atoms with E-state index < -0.39 is 10.0 Å². The van der Waals surface area contributed by atoms with Crippen LogP contribution < -0.4 is 4.74 Å². The summed E-state index contributed by atoms with van der Waals surface area (Å²) < 4.78 is 32.0. The first-order chi connectivity index (χ1) is 9.61. The van der Waals surface area contributed by atoms with E-state index in [4.69, 9.17) is 16.3 Å². The van der Waals surface area contributed by atoms with Gasteiger partial charge in [-0.25, -0.2) is 12.7 Å². The smallest absolute Gasteiger partial charge is 0.243 e. The van der Waals surface area contributed by atoms with Crippen molar-refractivity contribution in [1.82, 2.24) is 4.31 Å². The molecule has 0 saturated carbocycles. The van der Waals surface area contributed by atoms with E-state index in [1.165, 1.54) is 4.31 Å². The van der Waals surface area contributed by atoms with Gasteiger partial charge in [0.05, 0.1) is 12.0 Å². The van der Waals surface area contributed by atoms with E-state index in [9.17, 15) is 8.42 Å². The zero-order valence-electron chi connectivity index (χ0n) is 13.3. The lowest BCUT2D eigenvalue weighted by Gasteiger charge is -2.27. The molecule has 4 nitrogen and oxygen atoms in total. The molecular weight excluding hydrogens is 310 g/mol. The summed E-state index contributed by atoms with van der Waals surface area (Å²) in [6.07, 6.45) is 0.483. The van der Waals surface area contributed by atoms with E-state index >= 15 is 0 Å². The van der Waals surface area contributed by atoms with Gasteiger partial charge in [0.15, 0.2) is 0 Å². The van der Waals surface area contributed by atoms with Crippen LogP contribution in [-0.2, 0) is 16.4 Å². The first-order valence-corrected chi connectivity index (χ1v) is 8.78. The Morgan fingerprint density at radius 1 is 1.29 bits per heavy atom. The normalized spacial score (nSPS) is 12.7. The molecule has 0 N–H and O–H groups in total. The van der Waals surface area contributed by atoms with Gasteiger partial charge < -0.3 is 4.74 Å². The van der Waals surface area contributed by atoms with Crippen molar-refractivity contribution in [3.05, 3.63) is 23.8 Å². The number of benzene rings is 1. The molecule has 0 radical (unpaired) electrons. The first kappa shape index (κ1) is 18.3. The van der Waals surface area contributed by atoms with Crippen molar-refractivity contribution in [2.75, 3.05) is 26.6 Å². The molecule has 0 saturated heterocycles. The highest BCUT2D eigenvalue weighted by molar-refractivity contribution is 7.89. The predicted octanol–water partition coefficient (Wildman–Crippen LogP) is 3.14. The van der Waals surface area contributed by atoms with Crippen LogP contribution in [0.15, 0.2) is 23.1 Å². The van der Waals surface area contributed by atoms with Crippen molar-refractivity contribution in [3.63, 3.8) is 0 Å². The van der Waals surface area contributed by atoms with Gasteiger partial charge in [-0.3, -0.25) is 0 Å². The summed E-state index contributed by atoms with van der Waals surface area (Å²) in [6.45, 7) is 6.47. The first-order valence-electron chi connectivity index (χ1n) is 6.81. The van der Waals surface area contributed by atoms with E-state index in [0.29, 0.717) is 35.1 Å². The Kier molecular flexibility index (Phi) is 6.08. The molecule has 6 heteroatoms. The Hall–Kier alpha value is -0.780. The fourth-order valence-electron chi connectivity index (χ4n) is 2.15. The summed E-state index contributed by atoms with van der Waals surface area (Å²) in [4.78, 5) is 0.302. The summed E-state index contributed by atoms with van der Waals surface area (Å²) in [5, 5.41) is 0. The van der Waals surface area contributed by atoms with Crippen molar-refractivity contribution in [3.8, 4) is 5.75 Å². The molecule has 0 atom stereocenters. The average Bonchev–Trinajstić information content (AvgIpc) is 2.36. The van der Waals surface area contributed by atoms with Crippen LogP contribution in [0.25, 0.3) is 0 Å². The third-order valence-electron chi connectivity index (χ3n) is 3.02. The molecule has 21 heavy (non-hydrogen) atoms. The number of hydrogen-bond acceptors (Lipinski definition) is 3. The molecule has 0 spiro atoms. The number of hydrogen-bond donors (Lipinski definition) is 0. The van der Waals surface area contributed by atoms with Crippen LogP contribution in [0, 0.1) is 5.41 Å². The second-order valence-electron chi connectivity index (χ2n) is 6.23. The minimum atomic E-state index is -3.53. The fraction of sp³-hybridized carbons (Fsp3) is 0.600. The van der Waals surface area contributed by atoms with Crippen molar-refractivity contribution in [2.45, 2.75) is 32.1 Å². The van der Waals surface area contributed by atoms with Crippen LogP contribution in [-0.4, -0.2) is 39.3 Å². The van der Waals surface area contributed by atoms with Gasteiger partial charge in [0.1, 0.15) is 5.75 Å². The Morgan fingerprint density at radius 2 is 1.90 bits per heavy atom. The number of aryl methyl sites for hydroxylation is 1. The lowest BCUT2D eigenvalue weighted by Crippen LogP contribution is -2.35. The summed E-state index contributed by atoms with van der Waals surface area (Å²) in [5.74, 6) is 0.992. The molecule has 0 aromatic heterocycles. The number of rotatable bonds is 6. The van der Waals surface area contributed by atoms with E-state index in [1.54, 1.807) is 32.4 Å². The molecule has 1 aromatic rings. The summed E-state index contributed by atoms with van der Waals surface area (Å²) in [7, 11) is -0.369. The molecule has 0 aliphatic rings. The monoisotopic (exact) mass is 333 g/mol. The number of methoxy groups -OCH3 is 1. The molecule has 120 valence electrons. The maximum atomic E-state index is 12.7. The van der Waals surface area contributed by atoms with Gasteiger partial charge in [0, 0.05) is 19.5 Å². The molecule has 1 rings (SSSR count). The Morgan fingerprint density at radius 3 is 2.38 bits per heavy atom. The van der Waals surface area contributed by atoms with Gasteiger partial charge in [-0.15, -0.1) is 11.6 Å². The number of alkyl halides is 1. The third-order valence-corrected chi connectivity index (χ3v) is 5.11. The topological polar surface area (TPSA) is 46.6 Å². The highest BCUT2D eigenvalue weighted by Crippen LogP contribution is 2.27. The molecule has 0 amide bonds. The summed E-state index contributed by atoms with van der Waals surface area (Å²) in [5.41, 5.74) is 0.575. The number of halogens is 1. The fourth-order valence-corrected chi connectivity index (χ4v) is 3.98. The molecule has 0 heterocycles. The summed E-state index contributed by atoms with van der Waals surface area (Å²) >= 11 is 5.79. The van der Waals surface area contributed by atoms with Crippen LogP contribution in [0.3, 0.4) is 0 Å². The van der Waals surface area contributed by atoms with Crippen molar-refractivity contribution >= 4 is 21.6 Å². The van der Waals surface area contributed by atoms with Crippen molar-refractivity contribution in [1.29, 1.82) is 0 Å². The average molecular weight is 334 g/mol. The Labute approximate surface area is 133 Å². The SMILES string of the molecule is COc1ccc(S(=O)(=O)N(C)CC(C)(C)C)c(CCCl)c1. The van der Waals surface area contributed by atoms with Gasteiger partial charge in [-0.2, -0.15) is 0 Å². The Balaban J connectivity index is 3.24. The largest absolute Gasteiger partial charge is 0.497 e. The van der Waals surface area contributed by atoms with Gasteiger partial charge in [0.2, 0.25) is 10.0 Å². The zero-order valence-corrected chi connectivity index (χ0v) is 14.9. The molecule has 0 aliphatic carbocycles. The van der Waals surface area contributed by atoms with E-state index in [0.717, 1.165) is 0 Å². The quantitative estimate of drug-likeness (QED) is 0.751. The maximum Gasteiger partial charge on any atom is 0.243 e. The van der Waals surface area contributed by atoms with Gasteiger partial charge in [-0.05, 0) is 35.6 Å².